The Morgan fingerprint density at radius 1 is 1.06 bits per heavy atom. The lowest BCUT2D eigenvalue weighted by atomic mass is 10.0. The summed E-state index contributed by atoms with van der Waals surface area (Å²) in [6.45, 7) is 4.70. The Bertz CT molecular complexity index is 505. The lowest BCUT2D eigenvalue weighted by molar-refractivity contribution is 0.337. The molecule has 2 rings (SSSR count). The van der Waals surface area contributed by atoms with Crippen molar-refractivity contribution < 1.29 is 4.74 Å². The van der Waals surface area contributed by atoms with Crippen LogP contribution in [0.4, 0.5) is 0 Å². The Hall–Kier alpha value is -1.47. The van der Waals surface area contributed by atoms with E-state index in [4.69, 9.17) is 16.3 Å². The molecular weight excluding hydrogens is 244 g/mol. The van der Waals surface area contributed by atoms with Gasteiger partial charge in [0.05, 0.1) is 12.0 Å². The topological polar surface area (TPSA) is 9.23 Å². The molecule has 2 heteroatoms. The first-order chi connectivity index (χ1) is 8.72. The van der Waals surface area contributed by atoms with E-state index < -0.39 is 0 Å². The van der Waals surface area contributed by atoms with Gasteiger partial charge in [-0.3, -0.25) is 0 Å². The molecule has 1 nitrogen and oxygen atoms in total. The molecule has 2 aromatic carbocycles. The second-order valence-electron chi connectivity index (χ2n) is 4.24. The van der Waals surface area contributed by atoms with Crippen molar-refractivity contribution in [2.75, 3.05) is 6.61 Å². The van der Waals surface area contributed by atoms with Crippen molar-refractivity contribution >= 4 is 11.6 Å². The summed E-state index contributed by atoms with van der Waals surface area (Å²) in [5.74, 6) is 0.862. The molecule has 0 aromatic heterocycles. The fourth-order valence-corrected chi connectivity index (χ4v) is 2.22. The highest BCUT2D eigenvalue weighted by molar-refractivity contribution is 6.22. The Morgan fingerprint density at radius 2 is 1.72 bits per heavy atom. The summed E-state index contributed by atoms with van der Waals surface area (Å²) in [4.78, 5) is 0. The summed E-state index contributed by atoms with van der Waals surface area (Å²) in [5.41, 5.74) is 3.35. The molecule has 0 N–H and O–H groups in total. The highest BCUT2D eigenvalue weighted by Crippen LogP contribution is 2.34. The molecule has 0 spiro atoms. The zero-order valence-electron chi connectivity index (χ0n) is 10.7. The van der Waals surface area contributed by atoms with Gasteiger partial charge in [0.25, 0.3) is 0 Å². The molecule has 0 amide bonds. The maximum absolute atomic E-state index is 6.54. The van der Waals surface area contributed by atoms with Crippen molar-refractivity contribution in [3.8, 4) is 5.75 Å². The minimum Gasteiger partial charge on any atom is -0.494 e. The zero-order chi connectivity index (χ0) is 13.0. The van der Waals surface area contributed by atoms with Crippen LogP contribution < -0.4 is 4.74 Å². The number of aryl methyl sites for hydroxylation is 1. The van der Waals surface area contributed by atoms with Crippen LogP contribution in [0, 0.1) is 6.92 Å². The molecule has 2 aromatic rings. The van der Waals surface area contributed by atoms with Crippen molar-refractivity contribution in [2.45, 2.75) is 19.2 Å². The smallest absolute Gasteiger partial charge is 0.124 e. The zero-order valence-corrected chi connectivity index (χ0v) is 11.4. The van der Waals surface area contributed by atoms with Gasteiger partial charge in [0.1, 0.15) is 5.75 Å². The minimum absolute atomic E-state index is 0.173. The summed E-state index contributed by atoms with van der Waals surface area (Å²) < 4.78 is 5.62. The van der Waals surface area contributed by atoms with Gasteiger partial charge in [-0.15, -0.1) is 11.6 Å². The summed E-state index contributed by atoms with van der Waals surface area (Å²) in [7, 11) is 0. The fraction of sp³-hybridized carbons (Fsp3) is 0.250. The maximum Gasteiger partial charge on any atom is 0.124 e. The van der Waals surface area contributed by atoms with Crippen LogP contribution >= 0.6 is 11.6 Å². The van der Waals surface area contributed by atoms with Gasteiger partial charge in [-0.25, -0.2) is 0 Å². The first-order valence-corrected chi connectivity index (χ1v) is 6.58. The minimum atomic E-state index is -0.173. The van der Waals surface area contributed by atoms with Gasteiger partial charge < -0.3 is 4.74 Å². The van der Waals surface area contributed by atoms with Crippen LogP contribution in [-0.2, 0) is 0 Å². The predicted molar refractivity (Wildman–Crippen MR) is 76.5 cm³/mol. The average Bonchev–Trinajstić information content (AvgIpc) is 2.40. The number of benzene rings is 2. The molecule has 1 unspecified atom stereocenters. The van der Waals surface area contributed by atoms with Crippen LogP contribution in [0.3, 0.4) is 0 Å². The van der Waals surface area contributed by atoms with E-state index in [1.54, 1.807) is 0 Å². The van der Waals surface area contributed by atoms with Gasteiger partial charge >= 0.3 is 0 Å². The quantitative estimate of drug-likeness (QED) is 0.723. The fourth-order valence-electron chi connectivity index (χ4n) is 1.89. The van der Waals surface area contributed by atoms with E-state index in [9.17, 15) is 0 Å². The van der Waals surface area contributed by atoms with Crippen LogP contribution in [0.1, 0.15) is 29.0 Å². The third-order valence-corrected chi connectivity index (χ3v) is 3.35. The largest absolute Gasteiger partial charge is 0.494 e. The average molecular weight is 261 g/mol. The standard InChI is InChI=1S/C16H17ClO/c1-3-18-15-7-5-4-6-14(15)16(17)13-10-8-12(2)9-11-13/h4-11,16H,3H2,1-2H3. The van der Waals surface area contributed by atoms with Crippen LogP contribution in [0.25, 0.3) is 0 Å². The number of ether oxygens (including phenoxy) is 1. The second kappa shape index (κ2) is 5.92. The summed E-state index contributed by atoms with van der Waals surface area (Å²) in [6, 6.07) is 16.2. The normalized spacial score (nSPS) is 12.2. The highest BCUT2D eigenvalue weighted by atomic mass is 35.5. The Kier molecular flexibility index (Phi) is 4.27. The van der Waals surface area contributed by atoms with Gasteiger partial charge in [0.2, 0.25) is 0 Å². The van der Waals surface area contributed by atoms with Crippen LogP contribution in [-0.4, -0.2) is 6.61 Å². The third-order valence-electron chi connectivity index (χ3n) is 2.86. The van der Waals surface area contributed by atoms with Crippen molar-refractivity contribution in [3.05, 3.63) is 65.2 Å². The number of rotatable bonds is 4. The van der Waals surface area contributed by atoms with Gasteiger partial charge in [-0.2, -0.15) is 0 Å². The van der Waals surface area contributed by atoms with Gasteiger partial charge in [0.15, 0.2) is 0 Å². The molecule has 0 heterocycles. The predicted octanol–water partition coefficient (Wildman–Crippen LogP) is 4.72. The van der Waals surface area contributed by atoms with Crippen molar-refractivity contribution in [1.29, 1.82) is 0 Å². The van der Waals surface area contributed by atoms with Gasteiger partial charge in [0, 0.05) is 5.56 Å². The lowest BCUT2D eigenvalue weighted by Gasteiger charge is -2.15. The van der Waals surface area contributed by atoms with Crippen molar-refractivity contribution in [2.24, 2.45) is 0 Å². The van der Waals surface area contributed by atoms with E-state index in [0.717, 1.165) is 16.9 Å². The van der Waals surface area contributed by atoms with Crippen molar-refractivity contribution in [3.63, 3.8) is 0 Å². The van der Waals surface area contributed by atoms with Crippen molar-refractivity contribution in [1.82, 2.24) is 0 Å². The molecule has 0 bridgehead atoms. The number of alkyl halides is 1. The molecule has 1 atom stereocenters. The summed E-state index contributed by atoms with van der Waals surface area (Å²) in [6.07, 6.45) is 0. The second-order valence-corrected chi connectivity index (χ2v) is 4.68. The Balaban J connectivity index is 2.33. The van der Waals surface area contributed by atoms with Gasteiger partial charge in [-0.1, -0.05) is 48.0 Å². The maximum atomic E-state index is 6.54. The summed E-state index contributed by atoms with van der Waals surface area (Å²) >= 11 is 6.54. The van der Waals surface area contributed by atoms with E-state index in [0.29, 0.717) is 6.61 Å². The first-order valence-electron chi connectivity index (χ1n) is 6.14. The molecular formula is C16H17ClO. The molecule has 0 aliphatic rings. The van der Waals surface area contributed by atoms with Crippen LogP contribution in [0.2, 0.25) is 0 Å². The number of hydrogen-bond donors (Lipinski definition) is 0. The number of para-hydroxylation sites is 1. The molecule has 0 saturated carbocycles. The van der Waals surface area contributed by atoms with E-state index in [1.807, 2.05) is 31.2 Å². The first kappa shape index (κ1) is 13.0. The van der Waals surface area contributed by atoms with Gasteiger partial charge in [-0.05, 0) is 25.5 Å². The molecule has 0 aliphatic heterocycles. The van der Waals surface area contributed by atoms with Crippen LogP contribution in [0.15, 0.2) is 48.5 Å². The number of hydrogen-bond acceptors (Lipinski definition) is 1. The summed E-state index contributed by atoms with van der Waals surface area (Å²) in [5, 5.41) is -0.173. The third kappa shape index (κ3) is 2.85. The van der Waals surface area contributed by atoms with Crippen LogP contribution in [0.5, 0.6) is 5.75 Å². The molecule has 0 aliphatic carbocycles. The SMILES string of the molecule is CCOc1ccccc1C(Cl)c1ccc(C)cc1. The molecule has 0 saturated heterocycles. The van der Waals surface area contributed by atoms with E-state index >= 15 is 0 Å². The molecule has 0 radical (unpaired) electrons. The van der Waals surface area contributed by atoms with E-state index in [2.05, 4.69) is 31.2 Å². The molecule has 94 valence electrons. The Morgan fingerprint density at radius 3 is 2.39 bits per heavy atom. The Labute approximate surface area is 113 Å². The monoisotopic (exact) mass is 260 g/mol. The highest BCUT2D eigenvalue weighted by Gasteiger charge is 2.14. The van der Waals surface area contributed by atoms with E-state index in [1.165, 1.54) is 5.56 Å². The number of halogens is 1. The van der Waals surface area contributed by atoms with E-state index in [-0.39, 0.29) is 5.38 Å². The molecule has 0 fully saturated rings. The molecule has 18 heavy (non-hydrogen) atoms. The lowest BCUT2D eigenvalue weighted by Crippen LogP contribution is -2.00.